The summed E-state index contributed by atoms with van der Waals surface area (Å²) in [5.41, 5.74) is 0. The van der Waals surface area contributed by atoms with E-state index >= 15 is 0 Å². The van der Waals surface area contributed by atoms with Crippen molar-refractivity contribution in [3.63, 3.8) is 0 Å². The Labute approximate surface area is 174 Å². The van der Waals surface area contributed by atoms with Crippen molar-refractivity contribution < 1.29 is 22.7 Å². The van der Waals surface area contributed by atoms with Gasteiger partial charge in [0.25, 0.3) is 0 Å². The van der Waals surface area contributed by atoms with Crippen LogP contribution < -0.4 is 9.47 Å². The number of esters is 1. The van der Waals surface area contributed by atoms with Crippen molar-refractivity contribution in [1.29, 1.82) is 0 Å². The molecule has 2 aromatic carbocycles. The third-order valence-corrected chi connectivity index (χ3v) is 7.19. The Morgan fingerprint density at radius 2 is 1.71 bits per heavy atom. The van der Waals surface area contributed by atoms with E-state index in [1.54, 1.807) is 24.3 Å². The van der Waals surface area contributed by atoms with E-state index in [1.165, 1.54) is 29.6 Å². The van der Waals surface area contributed by atoms with Crippen LogP contribution in [0.15, 0.2) is 47.4 Å². The Kier molecular flexibility index (Phi) is 6.50. The number of halogens is 2. The number of carbonyl (C=O) groups excluding carboxylic acids is 1. The van der Waals surface area contributed by atoms with Crippen molar-refractivity contribution in [1.82, 2.24) is 4.31 Å². The lowest BCUT2D eigenvalue weighted by atomic mass is 9.98. The number of benzene rings is 2. The van der Waals surface area contributed by atoms with E-state index < -0.39 is 21.9 Å². The maximum atomic E-state index is 12.9. The van der Waals surface area contributed by atoms with Crippen LogP contribution in [-0.2, 0) is 14.8 Å². The first-order chi connectivity index (χ1) is 13.3. The number of rotatable bonds is 5. The number of para-hydroxylation sites is 2. The molecule has 1 aliphatic rings. The van der Waals surface area contributed by atoms with Gasteiger partial charge in [0, 0.05) is 18.1 Å². The van der Waals surface area contributed by atoms with Crippen molar-refractivity contribution in [3.05, 3.63) is 52.5 Å². The van der Waals surface area contributed by atoms with Gasteiger partial charge in [-0.25, -0.2) is 8.42 Å². The Morgan fingerprint density at radius 1 is 1.07 bits per heavy atom. The summed E-state index contributed by atoms with van der Waals surface area (Å²) in [4.78, 5) is 12.4. The fourth-order valence-corrected chi connectivity index (χ4v) is 5.25. The number of hydrogen-bond acceptors (Lipinski definition) is 5. The lowest BCUT2D eigenvalue weighted by Gasteiger charge is -2.30. The number of piperidine rings is 1. The molecule has 0 unspecified atom stereocenters. The molecule has 3 rings (SSSR count). The standard InChI is InChI=1S/C19H19Cl2NO5S/c1-26-16-4-2-3-5-17(16)27-19(23)13-8-10-22(11-9-13)28(24,25)18-12-14(20)6-7-15(18)21/h2-7,12-13H,8-11H2,1H3. The summed E-state index contributed by atoms with van der Waals surface area (Å²) in [5.74, 6) is 0.00996. The Morgan fingerprint density at radius 3 is 2.36 bits per heavy atom. The third kappa shape index (κ3) is 4.43. The third-order valence-electron chi connectivity index (χ3n) is 4.58. The van der Waals surface area contributed by atoms with Crippen LogP contribution in [0.1, 0.15) is 12.8 Å². The molecule has 150 valence electrons. The quantitative estimate of drug-likeness (QED) is 0.515. The van der Waals surface area contributed by atoms with Crippen molar-refractivity contribution >= 4 is 39.2 Å². The zero-order valence-electron chi connectivity index (χ0n) is 15.1. The van der Waals surface area contributed by atoms with Crippen LogP contribution in [0.3, 0.4) is 0 Å². The molecule has 0 saturated carbocycles. The highest BCUT2D eigenvalue weighted by Crippen LogP contribution is 2.32. The van der Waals surface area contributed by atoms with E-state index in [2.05, 4.69) is 0 Å². The summed E-state index contributed by atoms with van der Waals surface area (Å²) in [6.45, 7) is 0.383. The van der Waals surface area contributed by atoms with E-state index in [9.17, 15) is 13.2 Å². The van der Waals surface area contributed by atoms with Gasteiger partial charge in [-0.2, -0.15) is 4.31 Å². The highest BCUT2D eigenvalue weighted by Gasteiger charge is 2.34. The number of ether oxygens (including phenoxy) is 2. The van der Waals surface area contributed by atoms with Crippen molar-refractivity contribution in [2.24, 2.45) is 5.92 Å². The zero-order valence-corrected chi connectivity index (χ0v) is 17.4. The highest BCUT2D eigenvalue weighted by atomic mass is 35.5. The molecule has 1 aliphatic heterocycles. The van der Waals surface area contributed by atoms with E-state index in [-0.39, 0.29) is 23.0 Å². The van der Waals surface area contributed by atoms with Gasteiger partial charge in [0.1, 0.15) is 4.90 Å². The average molecular weight is 444 g/mol. The normalized spacial score (nSPS) is 16.0. The molecule has 0 radical (unpaired) electrons. The van der Waals surface area contributed by atoms with E-state index in [0.29, 0.717) is 29.4 Å². The highest BCUT2D eigenvalue weighted by molar-refractivity contribution is 7.89. The summed E-state index contributed by atoms with van der Waals surface area (Å²) < 4.78 is 37.7. The summed E-state index contributed by atoms with van der Waals surface area (Å²) in [5, 5.41) is 0.403. The van der Waals surface area contributed by atoms with Gasteiger partial charge in [-0.1, -0.05) is 35.3 Å². The van der Waals surface area contributed by atoms with Crippen molar-refractivity contribution in [2.45, 2.75) is 17.7 Å². The molecule has 1 fully saturated rings. The fraction of sp³-hybridized carbons (Fsp3) is 0.316. The number of nitrogens with zero attached hydrogens (tertiary/aromatic N) is 1. The van der Waals surface area contributed by atoms with Gasteiger partial charge in [0.15, 0.2) is 11.5 Å². The maximum Gasteiger partial charge on any atom is 0.314 e. The summed E-state index contributed by atoms with van der Waals surface area (Å²) in [6, 6.07) is 11.2. The monoisotopic (exact) mass is 443 g/mol. The second-order valence-corrected chi connectivity index (χ2v) is 9.08. The summed E-state index contributed by atoms with van der Waals surface area (Å²) in [7, 11) is -2.29. The Hall–Kier alpha value is -1.80. The average Bonchev–Trinajstić information content (AvgIpc) is 2.70. The predicted molar refractivity (Wildman–Crippen MR) is 107 cm³/mol. The number of methoxy groups -OCH3 is 1. The molecule has 0 aromatic heterocycles. The summed E-state index contributed by atoms with van der Waals surface area (Å²) >= 11 is 12.0. The van der Waals surface area contributed by atoms with Crippen molar-refractivity contribution in [3.8, 4) is 11.5 Å². The van der Waals surface area contributed by atoms with Gasteiger partial charge in [-0.15, -0.1) is 0 Å². The SMILES string of the molecule is COc1ccccc1OC(=O)C1CCN(S(=O)(=O)c2cc(Cl)ccc2Cl)CC1. The second kappa shape index (κ2) is 8.69. The van der Waals surface area contributed by atoms with Gasteiger partial charge in [0.05, 0.1) is 18.1 Å². The molecule has 9 heteroatoms. The van der Waals surface area contributed by atoms with Crippen LogP contribution in [0.4, 0.5) is 0 Å². The van der Waals surface area contributed by atoms with Crippen LogP contribution in [0.25, 0.3) is 0 Å². The second-order valence-electron chi connectivity index (χ2n) is 6.33. The van der Waals surface area contributed by atoms with Gasteiger partial charge in [-0.05, 0) is 43.2 Å². The zero-order chi connectivity index (χ0) is 20.3. The predicted octanol–water partition coefficient (Wildman–Crippen LogP) is 4.01. The minimum absolute atomic E-state index is 0.0308. The Balaban J connectivity index is 1.67. The molecule has 28 heavy (non-hydrogen) atoms. The molecule has 6 nitrogen and oxygen atoms in total. The largest absolute Gasteiger partial charge is 0.493 e. The molecule has 0 N–H and O–H groups in total. The smallest absolute Gasteiger partial charge is 0.314 e. The first-order valence-corrected chi connectivity index (χ1v) is 10.8. The van der Waals surface area contributed by atoms with Crippen LogP contribution in [0.2, 0.25) is 10.0 Å². The Bertz CT molecular complexity index is 972. The van der Waals surface area contributed by atoms with E-state index in [4.69, 9.17) is 32.7 Å². The van der Waals surface area contributed by atoms with E-state index in [1.807, 2.05) is 0 Å². The first kappa shape index (κ1) is 20.9. The molecule has 2 aromatic rings. The minimum Gasteiger partial charge on any atom is -0.493 e. The van der Waals surface area contributed by atoms with Crippen LogP contribution >= 0.6 is 23.2 Å². The van der Waals surface area contributed by atoms with Gasteiger partial charge in [-0.3, -0.25) is 4.79 Å². The van der Waals surface area contributed by atoms with Crippen molar-refractivity contribution in [2.75, 3.05) is 20.2 Å². The van der Waals surface area contributed by atoms with E-state index in [0.717, 1.165) is 0 Å². The fourth-order valence-electron chi connectivity index (χ4n) is 3.04. The topological polar surface area (TPSA) is 72.9 Å². The molecular formula is C19H19Cl2NO5S. The van der Waals surface area contributed by atoms with Gasteiger partial charge in [0.2, 0.25) is 10.0 Å². The molecular weight excluding hydrogens is 425 g/mol. The molecule has 0 spiro atoms. The molecule has 0 amide bonds. The van der Waals surface area contributed by atoms with Gasteiger partial charge < -0.3 is 9.47 Å². The van der Waals surface area contributed by atoms with Crippen LogP contribution in [0.5, 0.6) is 11.5 Å². The molecule has 0 aliphatic carbocycles. The molecule has 1 heterocycles. The lowest BCUT2D eigenvalue weighted by molar-refractivity contribution is -0.140. The number of carbonyl (C=O) groups is 1. The molecule has 1 saturated heterocycles. The number of sulfonamides is 1. The first-order valence-electron chi connectivity index (χ1n) is 8.63. The molecule has 0 bridgehead atoms. The maximum absolute atomic E-state index is 12.9. The summed E-state index contributed by atoms with van der Waals surface area (Å²) in [6.07, 6.45) is 0.705. The minimum atomic E-state index is -3.79. The lowest BCUT2D eigenvalue weighted by Crippen LogP contribution is -2.41. The van der Waals surface area contributed by atoms with Crippen LogP contribution in [0, 0.1) is 5.92 Å². The van der Waals surface area contributed by atoms with Crippen LogP contribution in [-0.4, -0.2) is 38.9 Å². The molecule has 0 atom stereocenters. The number of hydrogen-bond donors (Lipinski definition) is 0. The van der Waals surface area contributed by atoms with Gasteiger partial charge >= 0.3 is 5.97 Å².